The third-order valence-corrected chi connectivity index (χ3v) is 15.0. The second-order valence-electron chi connectivity index (χ2n) is 5.75. The van der Waals surface area contributed by atoms with Gasteiger partial charge >= 0.3 is 143 Å². The zero-order chi connectivity index (χ0) is 22.3. The van der Waals surface area contributed by atoms with Crippen molar-refractivity contribution in [1.82, 2.24) is 0 Å². The molecule has 3 nitrogen and oxygen atoms in total. The van der Waals surface area contributed by atoms with Gasteiger partial charge in [-0.2, -0.15) is 13.2 Å². The van der Waals surface area contributed by atoms with Crippen LogP contribution < -0.4 is 15.9 Å². The molecule has 30 heavy (non-hydrogen) atoms. The maximum absolute atomic E-state index is 13.6. The van der Waals surface area contributed by atoms with Crippen molar-refractivity contribution >= 4 is 46.5 Å². The summed E-state index contributed by atoms with van der Waals surface area (Å²) in [5.41, 5.74) is -5.90. The first-order chi connectivity index (χ1) is 14.1. The molecule has 3 aromatic rings. The fourth-order valence-electron chi connectivity index (χ4n) is 2.66. The molecule has 0 aliphatic rings. The fourth-order valence-corrected chi connectivity index (χ4v) is 12.0. The molecule has 0 aromatic heterocycles. The van der Waals surface area contributed by atoms with E-state index in [1.807, 2.05) is 18.2 Å². The summed E-state index contributed by atoms with van der Waals surface area (Å²) in [5.74, 6) is -1.87. The van der Waals surface area contributed by atoms with Crippen LogP contribution in [0.1, 0.15) is 0 Å². The van der Waals surface area contributed by atoms with Crippen LogP contribution in [0.15, 0.2) is 91.0 Å². The summed E-state index contributed by atoms with van der Waals surface area (Å²) in [5, 5.41) is 3.81. The minimum atomic E-state index is -6.09. The molecule has 0 N–H and O–H groups in total. The van der Waals surface area contributed by atoms with Crippen LogP contribution in [0.2, 0.25) is 0 Å². The van der Waals surface area contributed by atoms with Crippen LogP contribution in [0, 0.1) is 0 Å². The van der Waals surface area contributed by atoms with Gasteiger partial charge in [-0.15, -0.1) is 0 Å². The molecule has 0 radical (unpaired) electrons. The van der Waals surface area contributed by atoms with Crippen LogP contribution in [-0.2, 0) is 10.1 Å². The van der Waals surface area contributed by atoms with Gasteiger partial charge in [0.1, 0.15) is 0 Å². The minimum absolute atomic E-state index is 0.114. The van der Waals surface area contributed by atoms with E-state index in [2.05, 4.69) is 72.8 Å². The first-order valence-electron chi connectivity index (χ1n) is 8.41. The van der Waals surface area contributed by atoms with E-state index >= 15 is 0 Å². The van der Waals surface area contributed by atoms with Crippen molar-refractivity contribution in [2.24, 2.45) is 0 Å². The zero-order valence-corrected chi connectivity index (χ0v) is 18.8. The van der Waals surface area contributed by atoms with Crippen LogP contribution in [0.4, 0.5) is 17.6 Å². The van der Waals surface area contributed by atoms with Crippen molar-refractivity contribution in [2.45, 2.75) is 5.51 Å². The van der Waals surface area contributed by atoms with Crippen molar-refractivity contribution < 1.29 is 30.5 Å². The van der Waals surface area contributed by atoms with E-state index in [0.29, 0.717) is 0 Å². The summed E-state index contributed by atoms with van der Waals surface area (Å²) >= 11 is -0.114. The predicted octanol–water partition coefficient (Wildman–Crippen LogP) is 3.58. The van der Waals surface area contributed by atoms with E-state index in [1.54, 1.807) is 0 Å². The molecule has 10 heteroatoms. The first-order valence-corrected chi connectivity index (χ1v) is 15.0. The summed E-state index contributed by atoms with van der Waals surface area (Å²) in [7, 11) is -6.09. The Balaban J connectivity index is 0.000000343. The molecule has 0 unspecified atom stereocenters. The largest absolute Gasteiger partial charge is 0.741 e. The fraction of sp³-hybridized carbons (Fsp3) is 0.100. The van der Waals surface area contributed by atoms with E-state index in [9.17, 15) is 17.6 Å². The molecule has 0 bridgehead atoms. The zero-order valence-electron chi connectivity index (χ0n) is 15.4. The van der Waals surface area contributed by atoms with Gasteiger partial charge in [-0.1, -0.05) is 0 Å². The Morgan fingerprint density at radius 3 is 1.20 bits per heavy atom. The van der Waals surface area contributed by atoms with E-state index in [1.165, 1.54) is 15.9 Å². The molecule has 0 saturated carbocycles. The van der Waals surface area contributed by atoms with Gasteiger partial charge in [0.05, 0.1) is 0 Å². The van der Waals surface area contributed by atoms with Crippen molar-refractivity contribution in [2.75, 3.05) is 5.57 Å². The Morgan fingerprint density at radius 1 is 0.733 bits per heavy atom. The van der Waals surface area contributed by atoms with Gasteiger partial charge in [0.25, 0.3) is 0 Å². The third kappa shape index (κ3) is 5.90. The Hall–Kier alpha value is -1.76. The van der Waals surface area contributed by atoms with E-state index in [4.69, 9.17) is 13.0 Å². The summed E-state index contributed by atoms with van der Waals surface area (Å²) in [6.45, 7) is 0. The maximum atomic E-state index is 13.6. The molecule has 0 fully saturated rings. The Labute approximate surface area is 179 Å². The molecular formula is C20H17F4O3PSSe. The van der Waals surface area contributed by atoms with Gasteiger partial charge in [-0.05, 0) is 0 Å². The van der Waals surface area contributed by atoms with Crippen molar-refractivity contribution in [3.63, 3.8) is 0 Å². The molecule has 3 aromatic carbocycles. The number of alkyl halides is 4. The normalized spacial score (nSPS) is 12.0. The van der Waals surface area contributed by atoms with Crippen molar-refractivity contribution in [3.05, 3.63) is 91.0 Å². The van der Waals surface area contributed by atoms with Gasteiger partial charge in [0.2, 0.25) is 0 Å². The molecule has 0 atom stereocenters. The number of rotatable bonds is 5. The Bertz CT molecular complexity index is 922. The molecule has 0 saturated heterocycles. The quantitative estimate of drug-likeness (QED) is 0.169. The summed E-state index contributed by atoms with van der Waals surface area (Å²) in [6, 6.07) is 31.4. The SMILES string of the molecule is FC[Se][P+](c1ccccc1)(c1ccccc1)c1ccccc1.O=S(=O)([O-])C(F)(F)F. The average molecular weight is 523 g/mol. The number of halogens is 4. The van der Waals surface area contributed by atoms with Crippen LogP contribution in [0.25, 0.3) is 0 Å². The van der Waals surface area contributed by atoms with E-state index in [0.717, 1.165) is 0 Å². The van der Waals surface area contributed by atoms with Gasteiger partial charge < -0.3 is 4.55 Å². The predicted molar refractivity (Wildman–Crippen MR) is 113 cm³/mol. The summed E-state index contributed by atoms with van der Waals surface area (Å²) in [4.78, 5) is 0. The number of hydrogen-bond donors (Lipinski definition) is 0. The van der Waals surface area contributed by atoms with Crippen LogP contribution in [0.5, 0.6) is 0 Å². The van der Waals surface area contributed by atoms with Crippen molar-refractivity contribution in [3.8, 4) is 0 Å². The summed E-state index contributed by atoms with van der Waals surface area (Å²) in [6.07, 6.45) is 0. The molecule has 0 amide bonds. The molecule has 3 rings (SSSR count). The van der Waals surface area contributed by atoms with E-state index in [-0.39, 0.29) is 20.1 Å². The van der Waals surface area contributed by atoms with Gasteiger partial charge in [0.15, 0.2) is 10.1 Å². The Morgan fingerprint density at radius 2 is 1.00 bits per heavy atom. The standard InChI is InChI=1S/C19H17FPSe.CHF3O3S/c20-16-22-21(17-10-4-1-5-11-17,18-12-6-2-7-13-18)19-14-8-3-9-15-19;2-1(3,4)8(5,6)7/h1-15H,16H2;(H,5,6,7)/q+1;/p-1. The van der Waals surface area contributed by atoms with Crippen LogP contribution >= 0.6 is 5.95 Å². The Kier molecular flexibility index (Phi) is 8.59. The second kappa shape index (κ2) is 10.5. The first kappa shape index (κ1) is 24.5. The maximum Gasteiger partial charge on any atom is 0.485 e. The molecule has 0 spiro atoms. The molecular weight excluding hydrogens is 506 g/mol. The van der Waals surface area contributed by atoms with Crippen LogP contribution in [-0.4, -0.2) is 38.6 Å². The average Bonchev–Trinajstić information content (AvgIpc) is 2.73. The smallest absolute Gasteiger partial charge is 0.485 e. The third-order valence-electron chi connectivity index (χ3n) is 3.89. The molecule has 0 heterocycles. The van der Waals surface area contributed by atoms with Crippen molar-refractivity contribution in [1.29, 1.82) is 0 Å². The second-order valence-corrected chi connectivity index (χ2v) is 15.7. The van der Waals surface area contributed by atoms with E-state index < -0.39 is 21.6 Å². The summed E-state index contributed by atoms with van der Waals surface area (Å²) < 4.78 is 72.5. The minimum Gasteiger partial charge on any atom is -0.741 e. The van der Waals surface area contributed by atoms with Crippen LogP contribution in [0.3, 0.4) is 0 Å². The molecule has 160 valence electrons. The topological polar surface area (TPSA) is 57.2 Å². The monoisotopic (exact) mass is 524 g/mol. The molecule has 0 aliphatic heterocycles. The number of hydrogen-bond acceptors (Lipinski definition) is 3. The molecule has 0 aliphatic carbocycles. The van der Waals surface area contributed by atoms with Gasteiger partial charge in [-0.3, -0.25) is 0 Å². The number of benzene rings is 3. The van der Waals surface area contributed by atoms with Gasteiger partial charge in [0, 0.05) is 0 Å². The van der Waals surface area contributed by atoms with Gasteiger partial charge in [-0.25, -0.2) is 8.42 Å².